The molecule has 0 saturated carbocycles. The van der Waals surface area contributed by atoms with Gasteiger partial charge in [-0.15, -0.1) is 0 Å². The van der Waals surface area contributed by atoms with Crippen molar-refractivity contribution in [2.45, 2.75) is 19.9 Å². The monoisotopic (exact) mass is 321 g/mol. The number of furan rings is 1. The summed E-state index contributed by atoms with van der Waals surface area (Å²) in [5.41, 5.74) is 2.44. The van der Waals surface area contributed by atoms with E-state index in [9.17, 15) is 4.79 Å². The highest BCUT2D eigenvalue weighted by Crippen LogP contribution is 2.12. The van der Waals surface area contributed by atoms with Gasteiger partial charge in [0.15, 0.2) is 0 Å². The molecule has 0 fully saturated rings. The Labute approximate surface area is 140 Å². The molecule has 2 heterocycles. The van der Waals surface area contributed by atoms with Crippen molar-refractivity contribution in [3.8, 4) is 0 Å². The van der Waals surface area contributed by atoms with Crippen LogP contribution in [-0.2, 0) is 17.8 Å². The Morgan fingerprint density at radius 1 is 1.21 bits per heavy atom. The van der Waals surface area contributed by atoms with Crippen LogP contribution in [0.2, 0.25) is 0 Å². The van der Waals surface area contributed by atoms with Crippen molar-refractivity contribution >= 4 is 17.8 Å². The molecule has 0 aliphatic heterocycles. The second-order valence-corrected chi connectivity index (χ2v) is 5.38. The van der Waals surface area contributed by atoms with Crippen molar-refractivity contribution in [3.63, 3.8) is 0 Å². The summed E-state index contributed by atoms with van der Waals surface area (Å²) < 4.78 is 6.92. The van der Waals surface area contributed by atoms with Crippen LogP contribution in [0, 0.1) is 0 Å². The molecule has 3 rings (SSSR count). The van der Waals surface area contributed by atoms with E-state index in [1.54, 1.807) is 41.4 Å². The Bertz CT molecular complexity index is 815. The molecule has 3 aromatic rings. The quantitative estimate of drug-likeness (QED) is 0.704. The summed E-state index contributed by atoms with van der Waals surface area (Å²) in [7, 11) is 0. The molecule has 5 heteroatoms. The van der Waals surface area contributed by atoms with E-state index in [0.29, 0.717) is 18.1 Å². The van der Waals surface area contributed by atoms with Gasteiger partial charge in [-0.2, -0.15) is 5.10 Å². The number of amides is 1. The summed E-state index contributed by atoms with van der Waals surface area (Å²) in [4.78, 5) is 12.0. The normalized spacial score (nSPS) is 11.0. The van der Waals surface area contributed by atoms with E-state index < -0.39 is 0 Å². The minimum atomic E-state index is -0.227. The van der Waals surface area contributed by atoms with Crippen molar-refractivity contribution in [3.05, 3.63) is 77.9 Å². The average Bonchev–Trinajstić information content (AvgIpc) is 3.26. The van der Waals surface area contributed by atoms with Gasteiger partial charge in [-0.1, -0.05) is 31.2 Å². The molecule has 0 saturated heterocycles. The molecule has 1 aromatic carbocycles. The smallest absolute Gasteiger partial charge is 0.249 e. The first-order valence-electron chi connectivity index (χ1n) is 7.87. The molecule has 0 spiro atoms. The van der Waals surface area contributed by atoms with Crippen molar-refractivity contribution in [2.24, 2.45) is 0 Å². The lowest BCUT2D eigenvalue weighted by Gasteiger charge is -2.08. The van der Waals surface area contributed by atoms with Gasteiger partial charge >= 0.3 is 0 Å². The summed E-state index contributed by atoms with van der Waals surface area (Å²) in [6, 6.07) is 13.7. The SMILES string of the molecule is CCc1ccc(Cn2nccc2NC(=O)/C=C/c2ccco2)cc1. The topological polar surface area (TPSA) is 60.1 Å². The van der Waals surface area contributed by atoms with Gasteiger partial charge in [0.25, 0.3) is 0 Å². The fourth-order valence-electron chi connectivity index (χ4n) is 2.33. The maximum Gasteiger partial charge on any atom is 0.249 e. The van der Waals surface area contributed by atoms with E-state index in [0.717, 1.165) is 12.0 Å². The number of benzene rings is 1. The lowest BCUT2D eigenvalue weighted by atomic mass is 10.1. The lowest BCUT2D eigenvalue weighted by Crippen LogP contribution is -2.13. The third kappa shape index (κ3) is 4.01. The Morgan fingerprint density at radius 2 is 2.00 bits per heavy atom. The zero-order valence-electron chi connectivity index (χ0n) is 13.5. The number of nitrogens with zero attached hydrogens (tertiary/aromatic N) is 2. The summed E-state index contributed by atoms with van der Waals surface area (Å²) in [5, 5.41) is 7.11. The number of hydrogen-bond donors (Lipinski definition) is 1. The zero-order chi connectivity index (χ0) is 16.8. The molecule has 5 nitrogen and oxygen atoms in total. The summed E-state index contributed by atoms with van der Waals surface area (Å²) in [5.74, 6) is 1.06. The molecule has 1 amide bonds. The molecule has 0 aliphatic rings. The Hall–Kier alpha value is -3.08. The number of hydrogen-bond acceptors (Lipinski definition) is 3. The Morgan fingerprint density at radius 3 is 2.71 bits per heavy atom. The Kier molecular flexibility index (Phi) is 4.91. The van der Waals surface area contributed by atoms with E-state index in [2.05, 4.69) is 41.6 Å². The Balaban J connectivity index is 1.65. The maximum atomic E-state index is 12.0. The van der Waals surface area contributed by atoms with Crippen molar-refractivity contribution < 1.29 is 9.21 Å². The van der Waals surface area contributed by atoms with Crippen LogP contribution in [0.25, 0.3) is 6.08 Å². The minimum absolute atomic E-state index is 0.227. The molecular formula is C19H19N3O2. The van der Waals surface area contributed by atoms with Crippen LogP contribution in [-0.4, -0.2) is 15.7 Å². The van der Waals surface area contributed by atoms with Gasteiger partial charge in [0.2, 0.25) is 5.91 Å². The number of carbonyl (C=O) groups excluding carboxylic acids is 1. The third-order valence-electron chi connectivity index (χ3n) is 3.67. The van der Waals surface area contributed by atoms with Gasteiger partial charge in [-0.05, 0) is 35.8 Å². The zero-order valence-corrected chi connectivity index (χ0v) is 13.5. The van der Waals surface area contributed by atoms with Gasteiger partial charge in [0.1, 0.15) is 11.6 Å². The van der Waals surface area contributed by atoms with Crippen LogP contribution in [0.15, 0.2) is 65.4 Å². The van der Waals surface area contributed by atoms with Crippen LogP contribution >= 0.6 is 0 Å². The van der Waals surface area contributed by atoms with E-state index in [1.807, 2.05) is 0 Å². The summed E-state index contributed by atoms with van der Waals surface area (Å²) >= 11 is 0. The first-order chi connectivity index (χ1) is 11.7. The van der Waals surface area contributed by atoms with Crippen molar-refractivity contribution in [1.82, 2.24) is 9.78 Å². The van der Waals surface area contributed by atoms with Crippen molar-refractivity contribution in [1.29, 1.82) is 0 Å². The van der Waals surface area contributed by atoms with E-state index in [-0.39, 0.29) is 5.91 Å². The maximum absolute atomic E-state index is 12.0. The fourth-order valence-corrected chi connectivity index (χ4v) is 2.33. The van der Waals surface area contributed by atoms with Crippen LogP contribution in [0.4, 0.5) is 5.82 Å². The second kappa shape index (κ2) is 7.46. The van der Waals surface area contributed by atoms with Gasteiger partial charge in [0, 0.05) is 12.1 Å². The highest BCUT2D eigenvalue weighted by Gasteiger charge is 2.06. The van der Waals surface area contributed by atoms with Gasteiger partial charge in [0.05, 0.1) is 19.0 Å². The third-order valence-corrected chi connectivity index (χ3v) is 3.67. The van der Waals surface area contributed by atoms with Gasteiger partial charge in [-0.25, -0.2) is 4.68 Å². The first kappa shape index (κ1) is 15.8. The van der Waals surface area contributed by atoms with E-state index in [4.69, 9.17) is 4.42 Å². The molecule has 0 unspecified atom stereocenters. The molecule has 1 N–H and O–H groups in total. The summed E-state index contributed by atoms with van der Waals surface area (Å²) in [6.07, 6.45) is 7.32. The van der Waals surface area contributed by atoms with Crippen LogP contribution in [0.5, 0.6) is 0 Å². The second-order valence-electron chi connectivity index (χ2n) is 5.38. The predicted molar refractivity (Wildman–Crippen MR) is 93.5 cm³/mol. The molecule has 0 aliphatic carbocycles. The number of aromatic nitrogens is 2. The summed E-state index contributed by atoms with van der Waals surface area (Å²) in [6.45, 7) is 2.74. The molecule has 0 atom stereocenters. The van der Waals surface area contributed by atoms with Crippen LogP contribution in [0.3, 0.4) is 0 Å². The minimum Gasteiger partial charge on any atom is -0.465 e. The van der Waals surface area contributed by atoms with Crippen molar-refractivity contribution in [2.75, 3.05) is 5.32 Å². The number of anilines is 1. The molecule has 122 valence electrons. The number of aryl methyl sites for hydroxylation is 1. The standard InChI is InChI=1S/C19H19N3O2/c1-2-15-5-7-16(8-6-15)14-22-18(11-12-20-22)21-19(23)10-9-17-4-3-13-24-17/h3-13H,2,14H2,1H3,(H,21,23)/b10-9+. The van der Waals surface area contributed by atoms with Gasteiger partial charge < -0.3 is 9.73 Å². The molecule has 2 aromatic heterocycles. The largest absolute Gasteiger partial charge is 0.465 e. The van der Waals surface area contributed by atoms with E-state index in [1.165, 1.54) is 11.6 Å². The molecule has 0 bridgehead atoms. The molecular weight excluding hydrogens is 302 g/mol. The van der Waals surface area contributed by atoms with Crippen LogP contribution < -0.4 is 5.32 Å². The van der Waals surface area contributed by atoms with Crippen LogP contribution in [0.1, 0.15) is 23.8 Å². The average molecular weight is 321 g/mol. The lowest BCUT2D eigenvalue weighted by molar-refractivity contribution is -0.111. The van der Waals surface area contributed by atoms with Gasteiger partial charge in [-0.3, -0.25) is 4.79 Å². The molecule has 0 radical (unpaired) electrons. The number of carbonyl (C=O) groups is 1. The predicted octanol–water partition coefficient (Wildman–Crippen LogP) is 3.74. The highest BCUT2D eigenvalue weighted by molar-refractivity contribution is 6.01. The number of nitrogens with one attached hydrogen (secondary N) is 1. The first-order valence-corrected chi connectivity index (χ1v) is 7.87. The number of rotatable bonds is 6. The highest BCUT2D eigenvalue weighted by atomic mass is 16.3. The molecule has 24 heavy (non-hydrogen) atoms. The van der Waals surface area contributed by atoms with E-state index >= 15 is 0 Å². The fraction of sp³-hybridized carbons (Fsp3) is 0.158.